The Bertz CT molecular complexity index is 1130. The summed E-state index contributed by atoms with van der Waals surface area (Å²) in [7, 11) is 0. The van der Waals surface area contributed by atoms with Gasteiger partial charge in [0, 0.05) is 36.6 Å². The maximum absolute atomic E-state index is 14.3. The molecule has 1 aliphatic rings. The lowest BCUT2D eigenvalue weighted by atomic mass is 9.79. The van der Waals surface area contributed by atoms with Gasteiger partial charge in [0.05, 0.1) is 10.2 Å². The Morgan fingerprint density at radius 1 is 1.26 bits per heavy atom. The lowest BCUT2D eigenvalue weighted by molar-refractivity contribution is -0.184. The summed E-state index contributed by atoms with van der Waals surface area (Å²) in [5.74, 6) is -0.156. The Morgan fingerprint density at radius 2 is 1.97 bits per heavy atom. The van der Waals surface area contributed by atoms with Crippen LogP contribution in [0.4, 0.5) is 18.3 Å². The predicted molar refractivity (Wildman–Crippen MR) is 118 cm³/mol. The van der Waals surface area contributed by atoms with Crippen LogP contribution in [0.25, 0.3) is 10.2 Å². The van der Waals surface area contributed by atoms with Gasteiger partial charge in [0.15, 0.2) is 5.13 Å². The third kappa shape index (κ3) is 4.21. The van der Waals surface area contributed by atoms with Crippen molar-refractivity contribution in [2.75, 3.05) is 18.0 Å². The number of hydrogen-bond acceptors (Lipinski definition) is 4. The van der Waals surface area contributed by atoms with Crippen molar-refractivity contribution in [3.8, 4) is 0 Å². The highest BCUT2D eigenvalue weighted by atomic mass is 35.5. The number of fused-ring (bicyclic) bond motifs is 1. The van der Waals surface area contributed by atoms with E-state index in [2.05, 4.69) is 10.3 Å². The van der Waals surface area contributed by atoms with Crippen LogP contribution in [0.2, 0.25) is 10.0 Å². The van der Waals surface area contributed by atoms with E-state index in [9.17, 15) is 18.0 Å². The smallest absolute Gasteiger partial charge is 0.352 e. The number of carbonyl (C=O) groups excluding carboxylic acids is 1. The SMILES string of the molecule is CC(=O)NCc1cccc2nc(N3CCC(c4cc(Cl)cc(Cl)c4)(C(F)(F)F)C3)sc12. The number of amides is 1. The van der Waals surface area contributed by atoms with Gasteiger partial charge in [-0.1, -0.05) is 46.7 Å². The quantitative estimate of drug-likeness (QED) is 0.494. The van der Waals surface area contributed by atoms with Crippen molar-refractivity contribution in [3.63, 3.8) is 0 Å². The molecule has 1 amide bonds. The number of hydrogen-bond donors (Lipinski definition) is 1. The van der Waals surface area contributed by atoms with Crippen molar-refractivity contribution in [2.24, 2.45) is 0 Å². The maximum atomic E-state index is 14.3. The van der Waals surface area contributed by atoms with Crippen LogP contribution >= 0.6 is 34.5 Å². The zero-order chi connectivity index (χ0) is 22.4. The van der Waals surface area contributed by atoms with E-state index < -0.39 is 11.6 Å². The highest BCUT2D eigenvalue weighted by Crippen LogP contribution is 2.50. The molecule has 1 unspecified atom stereocenters. The fourth-order valence-corrected chi connectivity index (χ4v) is 5.55. The van der Waals surface area contributed by atoms with E-state index in [-0.39, 0.29) is 41.0 Å². The average Bonchev–Trinajstić information content (AvgIpc) is 3.30. The molecule has 1 N–H and O–H groups in total. The lowest BCUT2D eigenvalue weighted by Gasteiger charge is -2.32. The molecule has 4 rings (SSSR count). The van der Waals surface area contributed by atoms with Crippen LogP contribution in [0.3, 0.4) is 0 Å². The van der Waals surface area contributed by atoms with Crippen LogP contribution in [0.15, 0.2) is 36.4 Å². The second-order valence-corrected chi connectivity index (χ2v) is 9.43. The molecular formula is C21H18Cl2F3N3OS. The molecule has 1 aromatic heterocycles. The summed E-state index contributed by atoms with van der Waals surface area (Å²) < 4.78 is 43.8. The minimum Gasteiger partial charge on any atom is -0.352 e. The molecule has 1 atom stereocenters. The molecule has 0 saturated carbocycles. The molecule has 4 nitrogen and oxygen atoms in total. The number of nitrogens with zero attached hydrogens (tertiary/aromatic N) is 2. The monoisotopic (exact) mass is 487 g/mol. The van der Waals surface area contributed by atoms with Gasteiger partial charge in [-0.3, -0.25) is 4.79 Å². The average molecular weight is 488 g/mol. The van der Waals surface area contributed by atoms with Gasteiger partial charge in [-0.05, 0) is 41.8 Å². The van der Waals surface area contributed by atoms with E-state index in [0.717, 1.165) is 10.3 Å². The molecule has 10 heteroatoms. The zero-order valence-corrected chi connectivity index (χ0v) is 18.7. The largest absolute Gasteiger partial charge is 0.400 e. The first-order chi connectivity index (χ1) is 14.6. The van der Waals surface area contributed by atoms with Crippen LogP contribution in [0, 0.1) is 0 Å². The molecule has 31 heavy (non-hydrogen) atoms. The summed E-state index contributed by atoms with van der Waals surface area (Å²) in [6.07, 6.45) is -4.61. The molecule has 1 fully saturated rings. The van der Waals surface area contributed by atoms with Crippen molar-refractivity contribution < 1.29 is 18.0 Å². The second-order valence-electron chi connectivity index (χ2n) is 7.58. The molecule has 0 aliphatic carbocycles. The minimum atomic E-state index is -4.48. The Balaban J connectivity index is 1.70. The van der Waals surface area contributed by atoms with Gasteiger partial charge in [-0.25, -0.2) is 4.98 Å². The topological polar surface area (TPSA) is 45.2 Å². The van der Waals surface area contributed by atoms with Crippen LogP contribution in [-0.2, 0) is 16.8 Å². The van der Waals surface area contributed by atoms with Crippen LogP contribution in [0.5, 0.6) is 0 Å². The highest BCUT2D eigenvalue weighted by molar-refractivity contribution is 7.22. The number of carbonyl (C=O) groups is 1. The van der Waals surface area contributed by atoms with Crippen molar-refractivity contribution >= 4 is 55.8 Å². The molecule has 0 bridgehead atoms. The van der Waals surface area contributed by atoms with Crippen molar-refractivity contribution in [3.05, 3.63) is 57.6 Å². The van der Waals surface area contributed by atoms with Gasteiger partial charge in [-0.2, -0.15) is 13.2 Å². The van der Waals surface area contributed by atoms with Crippen LogP contribution in [0.1, 0.15) is 24.5 Å². The molecular weight excluding hydrogens is 470 g/mol. The van der Waals surface area contributed by atoms with Gasteiger partial charge < -0.3 is 10.2 Å². The first kappa shape index (κ1) is 22.2. The summed E-state index contributed by atoms with van der Waals surface area (Å²) in [4.78, 5) is 17.5. The summed E-state index contributed by atoms with van der Waals surface area (Å²) in [6, 6.07) is 9.62. The molecule has 0 spiro atoms. The van der Waals surface area contributed by atoms with Gasteiger partial charge in [0.25, 0.3) is 0 Å². The third-order valence-electron chi connectivity index (χ3n) is 5.51. The molecule has 164 valence electrons. The first-order valence-corrected chi connectivity index (χ1v) is 11.1. The van der Waals surface area contributed by atoms with Crippen LogP contribution in [-0.4, -0.2) is 30.2 Å². The summed E-state index contributed by atoms with van der Waals surface area (Å²) in [5, 5.41) is 3.62. The molecule has 1 saturated heterocycles. The van der Waals surface area contributed by atoms with E-state index in [0.29, 0.717) is 17.2 Å². The number of aromatic nitrogens is 1. The maximum Gasteiger partial charge on any atom is 0.400 e. The Hall–Kier alpha value is -2.03. The lowest BCUT2D eigenvalue weighted by Crippen LogP contribution is -2.44. The zero-order valence-electron chi connectivity index (χ0n) is 16.4. The molecule has 2 heterocycles. The first-order valence-electron chi connectivity index (χ1n) is 9.50. The predicted octanol–water partition coefficient (Wildman–Crippen LogP) is 5.95. The van der Waals surface area contributed by atoms with E-state index in [4.69, 9.17) is 23.2 Å². The van der Waals surface area contributed by atoms with E-state index >= 15 is 0 Å². The number of nitrogens with one attached hydrogen (secondary N) is 1. The number of alkyl halides is 3. The Kier molecular flexibility index (Phi) is 5.83. The molecule has 1 aliphatic heterocycles. The van der Waals surface area contributed by atoms with Crippen molar-refractivity contribution in [2.45, 2.75) is 31.5 Å². The fourth-order valence-electron chi connectivity index (χ4n) is 3.92. The number of anilines is 1. The van der Waals surface area contributed by atoms with Crippen molar-refractivity contribution in [1.82, 2.24) is 10.3 Å². The highest BCUT2D eigenvalue weighted by Gasteiger charge is 2.59. The number of benzene rings is 2. The fraction of sp³-hybridized carbons (Fsp3) is 0.333. The van der Waals surface area contributed by atoms with Gasteiger partial charge in [-0.15, -0.1) is 0 Å². The third-order valence-corrected chi connectivity index (χ3v) is 7.15. The van der Waals surface area contributed by atoms with Crippen LogP contribution < -0.4 is 10.2 Å². The molecule has 0 radical (unpaired) electrons. The van der Waals surface area contributed by atoms with E-state index in [1.807, 2.05) is 18.2 Å². The summed E-state index contributed by atoms with van der Waals surface area (Å²) in [6.45, 7) is 1.70. The Morgan fingerprint density at radius 3 is 2.61 bits per heavy atom. The Labute approximate surface area is 191 Å². The second kappa shape index (κ2) is 8.15. The summed E-state index contributed by atoms with van der Waals surface area (Å²) >= 11 is 13.4. The number of rotatable bonds is 4. The number of halogens is 5. The van der Waals surface area contributed by atoms with Gasteiger partial charge in [0.2, 0.25) is 5.91 Å². The standard InChI is InChI=1S/C21H18Cl2F3N3OS/c1-12(30)27-10-13-3-2-4-17-18(13)31-19(28-17)29-6-5-20(11-29,21(24,25)26)14-7-15(22)9-16(23)8-14/h2-4,7-9H,5-6,10-11H2,1H3,(H,27,30). The van der Waals surface area contributed by atoms with Gasteiger partial charge >= 0.3 is 6.18 Å². The molecule has 3 aromatic rings. The van der Waals surface area contributed by atoms with E-state index in [1.165, 1.54) is 36.5 Å². The van der Waals surface area contributed by atoms with Crippen molar-refractivity contribution in [1.29, 1.82) is 0 Å². The summed E-state index contributed by atoms with van der Waals surface area (Å²) in [5.41, 5.74) is -0.455. The normalized spacial score (nSPS) is 19.2. The van der Waals surface area contributed by atoms with E-state index in [1.54, 1.807) is 4.90 Å². The van der Waals surface area contributed by atoms with Gasteiger partial charge in [0.1, 0.15) is 5.41 Å². The molecule has 2 aromatic carbocycles. The minimum absolute atomic E-state index is 0.0625. The number of thiazole rings is 1.